The van der Waals surface area contributed by atoms with Crippen LogP contribution < -0.4 is 4.74 Å². The molecule has 0 spiro atoms. The molecule has 1 saturated heterocycles. The van der Waals surface area contributed by atoms with Crippen LogP contribution in [0.1, 0.15) is 63.9 Å². The summed E-state index contributed by atoms with van der Waals surface area (Å²) >= 11 is 0. The number of benzene rings is 2. The topological polar surface area (TPSA) is 36.3 Å². The van der Waals surface area contributed by atoms with E-state index in [1.165, 1.54) is 11.1 Å². The summed E-state index contributed by atoms with van der Waals surface area (Å²) in [6.45, 7) is 9.21. The third-order valence-corrected chi connectivity index (χ3v) is 5.67. The van der Waals surface area contributed by atoms with Crippen molar-refractivity contribution in [3.63, 3.8) is 0 Å². The fraction of sp³-hybridized carbons (Fsp3) is 0.480. The first-order valence-electron chi connectivity index (χ1n) is 10.8. The van der Waals surface area contributed by atoms with Crippen molar-refractivity contribution in [3.8, 4) is 5.75 Å². The average Bonchev–Trinajstić information content (AvgIpc) is 3.35. The number of rotatable bonds is 7. The molecule has 1 aromatic heterocycles. The summed E-state index contributed by atoms with van der Waals surface area (Å²) < 4.78 is 14.2. The Morgan fingerprint density at radius 3 is 2.59 bits per heavy atom. The predicted molar refractivity (Wildman–Crippen MR) is 118 cm³/mol. The number of hydrogen-bond acceptors (Lipinski definition) is 3. The number of para-hydroxylation sites is 2. The van der Waals surface area contributed by atoms with Crippen molar-refractivity contribution in [1.29, 1.82) is 0 Å². The van der Waals surface area contributed by atoms with Gasteiger partial charge in [-0.05, 0) is 60.9 Å². The van der Waals surface area contributed by atoms with Crippen molar-refractivity contribution in [3.05, 3.63) is 59.9 Å². The summed E-state index contributed by atoms with van der Waals surface area (Å²) in [5.41, 5.74) is 3.77. The zero-order valence-corrected chi connectivity index (χ0v) is 17.9. The minimum atomic E-state index is 0.139. The highest BCUT2D eigenvalue weighted by atomic mass is 16.5. The van der Waals surface area contributed by atoms with E-state index in [-0.39, 0.29) is 11.5 Å². The molecule has 0 aliphatic carbocycles. The summed E-state index contributed by atoms with van der Waals surface area (Å²) in [6.07, 6.45) is 4.39. The van der Waals surface area contributed by atoms with Gasteiger partial charge in [0.2, 0.25) is 0 Å². The molecule has 4 rings (SSSR count). The zero-order chi connectivity index (χ0) is 20.3. The van der Waals surface area contributed by atoms with Gasteiger partial charge >= 0.3 is 0 Å². The van der Waals surface area contributed by atoms with Crippen LogP contribution in [-0.2, 0) is 16.7 Å². The Hall–Kier alpha value is -2.33. The van der Waals surface area contributed by atoms with Crippen molar-refractivity contribution >= 4 is 11.0 Å². The van der Waals surface area contributed by atoms with Gasteiger partial charge in [0.25, 0.3) is 0 Å². The van der Waals surface area contributed by atoms with Crippen LogP contribution >= 0.6 is 0 Å². The molecular formula is C25H32N2O2. The first-order chi connectivity index (χ1) is 14.0. The Balaban J connectivity index is 1.34. The highest BCUT2D eigenvalue weighted by molar-refractivity contribution is 5.76. The van der Waals surface area contributed by atoms with Gasteiger partial charge < -0.3 is 14.0 Å². The van der Waals surface area contributed by atoms with E-state index in [9.17, 15) is 0 Å². The van der Waals surface area contributed by atoms with Crippen molar-refractivity contribution in [2.24, 2.45) is 0 Å². The molecule has 2 heterocycles. The first-order valence-corrected chi connectivity index (χ1v) is 10.8. The summed E-state index contributed by atoms with van der Waals surface area (Å²) in [5, 5.41) is 0. The number of aryl methyl sites for hydroxylation is 1. The van der Waals surface area contributed by atoms with Crippen LogP contribution in [0.4, 0.5) is 0 Å². The van der Waals surface area contributed by atoms with E-state index in [4.69, 9.17) is 14.5 Å². The summed E-state index contributed by atoms with van der Waals surface area (Å²) in [6, 6.07) is 16.9. The molecule has 1 aliphatic rings. The lowest BCUT2D eigenvalue weighted by Crippen LogP contribution is -2.11. The van der Waals surface area contributed by atoms with E-state index in [2.05, 4.69) is 73.9 Å². The van der Waals surface area contributed by atoms with Crippen molar-refractivity contribution in [2.75, 3.05) is 13.2 Å². The van der Waals surface area contributed by atoms with Gasteiger partial charge in [0.15, 0.2) is 0 Å². The van der Waals surface area contributed by atoms with E-state index < -0.39 is 0 Å². The Morgan fingerprint density at radius 2 is 1.86 bits per heavy atom. The molecule has 1 atom stereocenters. The number of ether oxygens (including phenoxy) is 2. The second-order valence-electron chi connectivity index (χ2n) is 8.94. The van der Waals surface area contributed by atoms with E-state index in [0.29, 0.717) is 0 Å². The van der Waals surface area contributed by atoms with E-state index in [1.807, 2.05) is 0 Å². The van der Waals surface area contributed by atoms with Crippen LogP contribution in [0.3, 0.4) is 0 Å². The lowest BCUT2D eigenvalue weighted by Gasteiger charge is -2.19. The number of nitrogens with zero attached hydrogens (tertiary/aromatic N) is 2. The molecule has 2 aromatic carbocycles. The largest absolute Gasteiger partial charge is 0.494 e. The quantitative estimate of drug-likeness (QED) is 0.460. The standard InChI is InChI=1S/C25H32N2O2/c1-25(2,3)19-12-14-20(15-13-19)28-17-7-6-16-27-22-10-5-4-9-21(22)26-24(27)23-11-8-18-29-23/h4-5,9-10,12-15,23H,6-8,11,16-18H2,1-3H3. The molecule has 29 heavy (non-hydrogen) atoms. The first kappa shape index (κ1) is 20.0. The molecule has 0 saturated carbocycles. The minimum absolute atomic E-state index is 0.139. The predicted octanol–water partition coefficient (Wildman–Crippen LogP) is 6.04. The van der Waals surface area contributed by atoms with E-state index >= 15 is 0 Å². The van der Waals surface area contributed by atoms with E-state index in [0.717, 1.165) is 62.5 Å². The molecule has 0 bridgehead atoms. The highest BCUT2D eigenvalue weighted by Gasteiger charge is 2.24. The van der Waals surface area contributed by atoms with Gasteiger partial charge in [-0.15, -0.1) is 0 Å². The maximum Gasteiger partial charge on any atom is 0.139 e. The van der Waals surface area contributed by atoms with Crippen LogP contribution in [0, 0.1) is 0 Å². The Labute approximate surface area is 173 Å². The lowest BCUT2D eigenvalue weighted by atomic mass is 9.87. The minimum Gasteiger partial charge on any atom is -0.494 e. The number of aromatic nitrogens is 2. The number of fused-ring (bicyclic) bond motifs is 1. The van der Waals surface area contributed by atoms with Crippen LogP contribution in [0.5, 0.6) is 5.75 Å². The van der Waals surface area contributed by atoms with Crippen LogP contribution in [0.25, 0.3) is 11.0 Å². The Morgan fingerprint density at radius 1 is 1.07 bits per heavy atom. The summed E-state index contributed by atoms with van der Waals surface area (Å²) in [7, 11) is 0. The third-order valence-electron chi connectivity index (χ3n) is 5.67. The molecule has 154 valence electrons. The Kier molecular flexibility index (Phi) is 5.91. The van der Waals surface area contributed by atoms with Gasteiger partial charge in [-0.2, -0.15) is 0 Å². The van der Waals surface area contributed by atoms with Gasteiger partial charge in [0.05, 0.1) is 17.6 Å². The molecule has 0 amide bonds. The maximum absolute atomic E-state index is 5.96. The van der Waals surface area contributed by atoms with Gasteiger partial charge in [0.1, 0.15) is 17.7 Å². The fourth-order valence-electron chi connectivity index (χ4n) is 3.97. The monoisotopic (exact) mass is 392 g/mol. The molecule has 1 unspecified atom stereocenters. The van der Waals surface area contributed by atoms with Crippen molar-refractivity contribution in [2.45, 2.75) is 64.5 Å². The van der Waals surface area contributed by atoms with Crippen molar-refractivity contribution in [1.82, 2.24) is 9.55 Å². The molecule has 0 N–H and O–H groups in total. The van der Waals surface area contributed by atoms with Gasteiger partial charge in [-0.25, -0.2) is 4.98 Å². The lowest BCUT2D eigenvalue weighted by molar-refractivity contribution is 0.102. The zero-order valence-electron chi connectivity index (χ0n) is 17.9. The molecule has 0 radical (unpaired) electrons. The molecule has 3 aromatic rings. The second-order valence-corrected chi connectivity index (χ2v) is 8.94. The molecule has 1 fully saturated rings. The van der Waals surface area contributed by atoms with Gasteiger partial charge in [0, 0.05) is 13.2 Å². The van der Waals surface area contributed by atoms with Gasteiger partial charge in [-0.3, -0.25) is 0 Å². The average molecular weight is 393 g/mol. The molecule has 1 aliphatic heterocycles. The van der Waals surface area contributed by atoms with Crippen molar-refractivity contribution < 1.29 is 9.47 Å². The molecular weight excluding hydrogens is 360 g/mol. The van der Waals surface area contributed by atoms with E-state index in [1.54, 1.807) is 0 Å². The number of hydrogen-bond donors (Lipinski definition) is 0. The fourth-order valence-corrected chi connectivity index (χ4v) is 3.97. The Bertz CT molecular complexity index is 932. The second kappa shape index (κ2) is 8.58. The molecule has 4 nitrogen and oxygen atoms in total. The number of imidazole rings is 1. The van der Waals surface area contributed by atoms with Crippen LogP contribution in [0.2, 0.25) is 0 Å². The highest BCUT2D eigenvalue weighted by Crippen LogP contribution is 2.31. The van der Waals surface area contributed by atoms with Crippen LogP contribution in [0.15, 0.2) is 48.5 Å². The molecule has 4 heteroatoms. The normalized spacial score (nSPS) is 17.1. The summed E-state index contributed by atoms with van der Waals surface area (Å²) in [4.78, 5) is 4.88. The summed E-state index contributed by atoms with van der Waals surface area (Å²) in [5.74, 6) is 2.04. The SMILES string of the molecule is CC(C)(C)c1ccc(OCCCCn2c(C3CCCO3)nc3ccccc32)cc1. The smallest absolute Gasteiger partial charge is 0.139 e. The number of unbranched alkanes of at least 4 members (excludes halogenated alkanes) is 1. The van der Waals surface area contributed by atoms with Gasteiger partial charge in [-0.1, -0.05) is 45.0 Å². The maximum atomic E-state index is 5.96. The van der Waals surface area contributed by atoms with Crippen LogP contribution in [-0.4, -0.2) is 22.8 Å². The third kappa shape index (κ3) is 4.64.